The Morgan fingerprint density at radius 3 is 2.56 bits per heavy atom. The molecule has 0 fully saturated rings. The fourth-order valence-electron chi connectivity index (χ4n) is 1.27. The highest BCUT2D eigenvalue weighted by Gasteiger charge is 2.19. The van der Waals surface area contributed by atoms with Crippen molar-refractivity contribution in [2.24, 2.45) is 5.92 Å². The molecule has 16 heavy (non-hydrogen) atoms. The molecule has 1 aromatic carbocycles. The van der Waals surface area contributed by atoms with Crippen LogP contribution in [0.2, 0.25) is 0 Å². The largest absolute Gasteiger partial charge is 0.469 e. The maximum absolute atomic E-state index is 11.1. The van der Waals surface area contributed by atoms with E-state index in [1.54, 1.807) is 19.1 Å². The lowest BCUT2D eigenvalue weighted by Gasteiger charge is -2.12. The average Bonchev–Trinajstić information content (AvgIpc) is 2.35. The SMILES string of the molecule is COC(=O)[C@@H](C)[C@H](O)/C=C/c1ccccc1. The van der Waals surface area contributed by atoms with Crippen LogP contribution in [0.25, 0.3) is 6.08 Å². The average molecular weight is 220 g/mol. The summed E-state index contributed by atoms with van der Waals surface area (Å²) in [4.78, 5) is 11.1. The Morgan fingerprint density at radius 1 is 1.38 bits per heavy atom. The molecule has 0 aliphatic heterocycles. The van der Waals surface area contributed by atoms with E-state index in [9.17, 15) is 9.90 Å². The number of esters is 1. The number of carbonyl (C=O) groups is 1. The summed E-state index contributed by atoms with van der Waals surface area (Å²) in [6, 6.07) is 9.59. The molecule has 0 amide bonds. The molecule has 3 nitrogen and oxygen atoms in total. The van der Waals surface area contributed by atoms with Crippen LogP contribution in [-0.2, 0) is 9.53 Å². The van der Waals surface area contributed by atoms with Crippen LogP contribution in [0.4, 0.5) is 0 Å². The summed E-state index contributed by atoms with van der Waals surface area (Å²) in [5.74, 6) is -0.963. The van der Waals surface area contributed by atoms with Gasteiger partial charge in [-0.15, -0.1) is 0 Å². The van der Waals surface area contributed by atoms with Gasteiger partial charge in [-0.25, -0.2) is 0 Å². The Labute approximate surface area is 95.4 Å². The molecular formula is C13H16O3. The minimum Gasteiger partial charge on any atom is -0.469 e. The second kappa shape index (κ2) is 6.08. The van der Waals surface area contributed by atoms with Gasteiger partial charge < -0.3 is 9.84 Å². The van der Waals surface area contributed by atoms with Crippen LogP contribution >= 0.6 is 0 Å². The topological polar surface area (TPSA) is 46.5 Å². The van der Waals surface area contributed by atoms with E-state index >= 15 is 0 Å². The summed E-state index contributed by atoms with van der Waals surface area (Å²) in [6.45, 7) is 1.63. The number of methoxy groups -OCH3 is 1. The molecule has 3 heteroatoms. The monoisotopic (exact) mass is 220 g/mol. The van der Waals surface area contributed by atoms with Gasteiger partial charge in [-0.3, -0.25) is 4.79 Å². The zero-order valence-electron chi connectivity index (χ0n) is 9.46. The maximum atomic E-state index is 11.1. The van der Waals surface area contributed by atoms with Crippen LogP contribution in [0, 0.1) is 5.92 Å². The lowest BCUT2D eigenvalue weighted by molar-refractivity contribution is -0.147. The fraction of sp³-hybridized carbons (Fsp3) is 0.308. The van der Waals surface area contributed by atoms with Crippen LogP contribution in [0.15, 0.2) is 36.4 Å². The lowest BCUT2D eigenvalue weighted by Crippen LogP contribution is -2.24. The van der Waals surface area contributed by atoms with Crippen molar-refractivity contribution in [2.45, 2.75) is 13.0 Å². The lowest BCUT2D eigenvalue weighted by atomic mass is 10.0. The van der Waals surface area contributed by atoms with Crippen molar-refractivity contribution in [1.29, 1.82) is 0 Å². The van der Waals surface area contributed by atoms with Gasteiger partial charge in [0.15, 0.2) is 0 Å². The summed E-state index contributed by atoms with van der Waals surface area (Å²) in [5.41, 5.74) is 0.985. The summed E-state index contributed by atoms with van der Waals surface area (Å²) in [7, 11) is 1.31. The highest BCUT2D eigenvalue weighted by atomic mass is 16.5. The molecule has 1 rings (SSSR count). The van der Waals surface area contributed by atoms with Crippen LogP contribution < -0.4 is 0 Å². The van der Waals surface area contributed by atoms with Gasteiger partial charge in [0, 0.05) is 0 Å². The molecule has 1 N–H and O–H groups in total. The zero-order chi connectivity index (χ0) is 12.0. The van der Waals surface area contributed by atoms with E-state index < -0.39 is 18.0 Å². The number of carbonyl (C=O) groups excluding carboxylic acids is 1. The van der Waals surface area contributed by atoms with Gasteiger partial charge in [0.1, 0.15) is 0 Å². The van der Waals surface area contributed by atoms with E-state index in [4.69, 9.17) is 0 Å². The number of hydrogen-bond donors (Lipinski definition) is 1. The number of ether oxygens (including phenoxy) is 1. The van der Waals surface area contributed by atoms with Crippen LogP contribution in [0.1, 0.15) is 12.5 Å². The third kappa shape index (κ3) is 3.51. The molecule has 86 valence electrons. The predicted molar refractivity (Wildman–Crippen MR) is 62.7 cm³/mol. The molecule has 1 aromatic rings. The van der Waals surface area contributed by atoms with Crippen molar-refractivity contribution >= 4 is 12.0 Å². The molecule has 0 spiro atoms. The van der Waals surface area contributed by atoms with E-state index in [1.807, 2.05) is 30.3 Å². The summed E-state index contributed by atoms with van der Waals surface area (Å²) in [6.07, 6.45) is 2.55. The number of aliphatic hydroxyl groups excluding tert-OH is 1. The Bertz CT molecular complexity index is 357. The first-order chi connectivity index (χ1) is 7.65. The molecule has 0 unspecified atom stereocenters. The van der Waals surface area contributed by atoms with E-state index in [2.05, 4.69) is 4.74 Å². The van der Waals surface area contributed by atoms with Crippen LogP contribution in [0.5, 0.6) is 0 Å². The van der Waals surface area contributed by atoms with Crippen molar-refractivity contribution in [1.82, 2.24) is 0 Å². The summed E-state index contributed by atoms with van der Waals surface area (Å²) >= 11 is 0. The molecule has 0 aliphatic rings. The molecule has 0 saturated heterocycles. The molecule has 0 bridgehead atoms. The normalized spacial score (nSPS) is 14.7. The van der Waals surface area contributed by atoms with Gasteiger partial charge in [0.05, 0.1) is 19.1 Å². The van der Waals surface area contributed by atoms with Gasteiger partial charge in [-0.2, -0.15) is 0 Å². The highest BCUT2D eigenvalue weighted by molar-refractivity contribution is 5.73. The minimum absolute atomic E-state index is 0.412. The molecule has 0 radical (unpaired) electrons. The van der Waals surface area contributed by atoms with Crippen LogP contribution in [-0.4, -0.2) is 24.3 Å². The van der Waals surface area contributed by atoms with Gasteiger partial charge >= 0.3 is 5.97 Å². The highest BCUT2D eigenvalue weighted by Crippen LogP contribution is 2.09. The summed E-state index contributed by atoms with van der Waals surface area (Å²) in [5, 5.41) is 9.69. The number of aliphatic hydroxyl groups is 1. The zero-order valence-corrected chi connectivity index (χ0v) is 9.46. The first-order valence-corrected chi connectivity index (χ1v) is 5.14. The van der Waals surface area contributed by atoms with Crippen molar-refractivity contribution in [3.05, 3.63) is 42.0 Å². The standard InChI is InChI=1S/C13H16O3/c1-10(13(15)16-2)12(14)9-8-11-6-4-3-5-7-11/h3-10,12,14H,1-2H3/b9-8+/t10-,12+/m0/s1. The van der Waals surface area contributed by atoms with E-state index in [1.165, 1.54) is 7.11 Å². The molecule has 0 saturated carbocycles. The molecule has 2 atom stereocenters. The second-order valence-corrected chi connectivity index (χ2v) is 3.57. The number of rotatable bonds is 4. The van der Waals surface area contributed by atoms with E-state index in [-0.39, 0.29) is 0 Å². The van der Waals surface area contributed by atoms with Gasteiger partial charge in [0.25, 0.3) is 0 Å². The first kappa shape index (κ1) is 12.5. The number of benzene rings is 1. The molecule has 0 heterocycles. The second-order valence-electron chi connectivity index (χ2n) is 3.57. The Balaban J connectivity index is 2.61. The van der Waals surface area contributed by atoms with Gasteiger partial charge in [-0.05, 0) is 12.5 Å². The predicted octanol–water partition coefficient (Wildman–Crippen LogP) is 1.87. The molecule has 0 aromatic heterocycles. The quantitative estimate of drug-likeness (QED) is 0.788. The Hall–Kier alpha value is -1.61. The molecule has 0 aliphatic carbocycles. The third-order valence-corrected chi connectivity index (χ3v) is 2.37. The Morgan fingerprint density at radius 2 is 2.00 bits per heavy atom. The fourth-order valence-corrected chi connectivity index (χ4v) is 1.27. The van der Waals surface area contributed by atoms with Gasteiger partial charge in [-0.1, -0.05) is 42.5 Å². The van der Waals surface area contributed by atoms with Crippen molar-refractivity contribution < 1.29 is 14.6 Å². The van der Waals surface area contributed by atoms with Crippen molar-refractivity contribution in [3.63, 3.8) is 0 Å². The first-order valence-electron chi connectivity index (χ1n) is 5.14. The van der Waals surface area contributed by atoms with Gasteiger partial charge in [0.2, 0.25) is 0 Å². The molecular weight excluding hydrogens is 204 g/mol. The summed E-state index contributed by atoms with van der Waals surface area (Å²) < 4.78 is 4.55. The third-order valence-electron chi connectivity index (χ3n) is 2.37. The van der Waals surface area contributed by atoms with Crippen molar-refractivity contribution in [3.8, 4) is 0 Å². The van der Waals surface area contributed by atoms with Crippen LogP contribution in [0.3, 0.4) is 0 Å². The van der Waals surface area contributed by atoms with E-state index in [0.717, 1.165) is 5.56 Å². The van der Waals surface area contributed by atoms with E-state index in [0.29, 0.717) is 0 Å². The van der Waals surface area contributed by atoms with Crippen molar-refractivity contribution in [2.75, 3.05) is 7.11 Å². The number of hydrogen-bond acceptors (Lipinski definition) is 3. The smallest absolute Gasteiger partial charge is 0.311 e. The minimum atomic E-state index is -0.826. The Kier molecular flexibility index (Phi) is 4.73. The maximum Gasteiger partial charge on any atom is 0.311 e.